The minimum absolute atomic E-state index is 0. The number of hydrogen-bond acceptors (Lipinski definition) is 1. The molecule has 0 rings (SSSR count). The van der Waals surface area contributed by atoms with Gasteiger partial charge in [-0.3, -0.25) is 0 Å². The van der Waals surface area contributed by atoms with Crippen LogP contribution in [0.2, 0.25) is 0 Å². The molecule has 1 atom stereocenters. The number of halogens is 1. The van der Waals surface area contributed by atoms with Gasteiger partial charge in [-0.15, -0.1) is 17.0 Å². The molecule has 0 saturated heterocycles. The number of unbranched alkanes of at least 4 members (excludes halogenated alkanes) is 1. The third kappa shape index (κ3) is 4.79. The fraction of sp³-hybridized carbons (Fsp3) is 1.00. The van der Waals surface area contributed by atoms with Crippen molar-refractivity contribution in [2.45, 2.75) is 71.8 Å². The highest BCUT2D eigenvalue weighted by Gasteiger charge is 2.29. The summed E-state index contributed by atoms with van der Waals surface area (Å²) in [7, 11) is 0. The number of rotatable bonds is 7. The first-order chi connectivity index (χ1) is 6.14. The van der Waals surface area contributed by atoms with Crippen LogP contribution in [0.15, 0.2) is 0 Å². The van der Waals surface area contributed by atoms with Gasteiger partial charge in [-0.05, 0) is 25.2 Å². The lowest BCUT2D eigenvalue weighted by atomic mass is 9.76. The largest absolute Gasteiger partial charge is 0.325 e. The smallest absolute Gasteiger partial charge is 0.0177 e. The molecule has 88 valence electrons. The van der Waals surface area contributed by atoms with Crippen molar-refractivity contribution in [3.05, 3.63) is 0 Å². The second-order valence-corrected chi connectivity index (χ2v) is 4.19. The Morgan fingerprint density at radius 1 is 1.07 bits per heavy atom. The molecule has 0 fully saturated rings. The van der Waals surface area contributed by atoms with Gasteiger partial charge in [0, 0.05) is 5.54 Å². The summed E-state index contributed by atoms with van der Waals surface area (Å²) in [5.41, 5.74) is 6.49. The van der Waals surface area contributed by atoms with Gasteiger partial charge in [0.05, 0.1) is 0 Å². The summed E-state index contributed by atoms with van der Waals surface area (Å²) in [5.74, 6) is 0.724. The standard InChI is InChI=1S/C12H27N.BrH/c1-5-9-10-11(6-2)12(13,7-3)8-4;/h11H,5-10,13H2,1-4H3;1H. The van der Waals surface area contributed by atoms with Crippen LogP contribution in [0, 0.1) is 5.92 Å². The molecule has 1 nitrogen and oxygen atoms in total. The third-order valence-electron chi connectivity index (χ3n) is 3.53. The van der Waals surface area contributed by atoms with Crippen LogP contribution in [0.3, 0.4) is 0 Å². The van der Waals surface area contributed by atoms with E-state index in [4.69, 9.17) is 5.73 Å². The zero-order chi connectivity index (χ0) is 10.3. The molecule has 0 aromatic heterocycles. The Morgan fingerprint density at radius 3 is 1.86 bits per heavy atom. The molecular weight excluding hydrogens is 238 g/mol. The van der Waals surface area contributed by atoms with E-state index >= 15 is 0 Å². The number of hydrogen-bond donors (Lipinski definition) is 1. The predicted molar refractivity (Wildman–Crippen MR) is 71.1 cm³/mol. The van der Waals surface area contributed by atoms with Gasteiger partial charge >= 0.3 is 0 Å². The Bertz CT molecular complexity index is 121. The van der Waals surface area contributed by atoms with Gasteiger partial charge < -0.3 is 5.73 Å². The molecule has 0 spiro atoms. The lowest BCUT2D eigenvalue weighted by Crippen LogP contribution is -2.45. The normalized spacial score (nSPS) is 13.5. The lowest BCUT2D eigenvalue weighted by Gasteiger charge is -2.35. The van der Waals surface area contributed by atoms with Gasteiger partial charge in [-0.25, -0.2) is 0 Å². The van der Waals surface area contributed by atoms with E-state index in [1.807, 2.05) is 0 Å². The third-order valence-corrected chi connectivity index (χ3v) is 3.53. The van der Waals surface area contributed by atoms with Crippen LogP contribution < -0.4 is 5.73 Å². The molecule has 0 radical (unpaired) electrons. The van der Waals surface area contributed by atoms with Crippen molar-refractivity contribution in [2.24, 2.45) is 11.7 Å². The van der Waals surface area contributed by atoms with E-state index in [1.54, 1.807) is 0 Å². The highest BCUT2D eigenvalue weighted by Crippen LogP contribution is 2.29. The second-order valence-electron chi connectivity index (χ2n) is 4.19. The Morgan fingerprint density at radius 2 is 1.57 bits per heavy atom. The van der Waals surface area contributed by atoms with Gasteiger partial charge in [0.25, 0.3) is 0 Å². The summed E-state index contributed by atoms with van der Waals surface area (Å²) >= 11 is 0. The highest BCUT2D eigenvalue weighted by molar-refractivity contribution is 8.93. The molecule has 0 aromatic carbocycles. The minimum atomic E-state index is 0. The van der Waals surface area contributed by atoms with Crippen LogP contribution in [0.4, 0.5) is 0 Å². The van der Waals surface area contributed by atoms with Crippen molar-refractivity contribution < 1.29 is 0 Å². The van der Waals surface area contributed by atoms with E-state index in [0.29, 0.717) is 0 Å². The molecule has 0 heterocycles. The Labute approximate surface area is 101 Å². The van der Waals surface area contributed by atoms with Crippen molar-refractivity contribution in [1.29, 1.82) is 0 Å². The molecule has 0 saturated carbocycles. The molecule has 2 heteroatoms. The van der Waals surface area contributed by atoms with Crippen LogP contribution in [0.25, 0.3) is 0 Å². The first-order valence-corrected chi connectivity index (χ1v) is 5.93. The minimum Gasteiger partial charge on any atom is -0.325 e. The van der Waals surface area contributed by atoms with Crippen molar-refractivity contribution >= 4 is 17.0 Å². The lowest BCUT2D eigenvalue weighted by molar-refractivity contribution is 0.226. The van der Waals surface area contributed by atoms with Gasteiger partial charge in [-0.1, -0.05) is 47.0 Å². The van der Waals surface area contributed by atoms with E-state index in [-0.39, 0.29) is 22.5 Å². The van der Waals surface area contributed by atoms with Crippen LogP contribution in [-0.2, 0) is 0 Å². The van der Waals surface area contributed by atoms with Crippen molar-refractivity contribution in [3.8, 4) is 0 Å². The first kappa shape index (κ1) is 16.9. The quantitative estimate of drug-likeness (QED) is 0.730. The van der Waals surface area contributed by atoms with Crippen molar-refractivity contribution in [2.75, 3.05) is 0 Å². The first-order valence-electron chi connectivity index (χ1n) is 5.93. The van der Waals surface area contributed by atoms with Gasteiger partial charge in [0.2, 0.25) is 0 Å². The summed E-state index contributed by atoms with van der Waals surface area (Å²) < 4.78 is 0. The monoisotopic (exact) mass is 265 g/mol. The van der Waals surface area contributed by atoms with Gasteiger partial charge in [0.15, 0.2) is 0 Å². The summed E-state index contributed by atoms with van der Waals surface area (Å²) in [6.07, 6.45) is 7.40. The molecule has 14 heavy (non-hydrogen) atoms. The molecule has 1 unspecified atom stereocenters. The summed E-state index contributed by atoms with van der Waals surface area (Å²) in [6, 6.07) is 0. The average molecular weight is 266 g/mol. The van der Waals surface area contributed by atoms with E-state index in [0.717, 1.165) is 18.8 Å². The summed E-state index contributed by atoms with van der Waals surface area (Å²) in [4.78, 5) is 0. The van der Waals surface area contributed by atoms with E-state index < -0.39 is 0 Å². The van der Waals surface area contributed by atoms with E-state index in [1.165, 1.54) is 25.7 Å². The van der Waals surface area contributed by atoms with Gasteiger partial charge in [0.1, 0.15) is 0 Å². The molecular formula is C12H28BrN. The predicted octanol–water partition coefficient (Wildman–Crippen LogP) is 4.30. The zero-order valence-corrected chi connectivity index (χ0v) is 12.0. The number of nitrogens with two attached hydrogens (primary N) is 1. The van der Waals surface area contributed by atoms with Crippen molar-refractivity contribution in [3.63, 3.8) is 0 Å². The second kappa shape index (κ2) is 8.72. The molecule has 0 amide bonds. The molecule has 0 bridgehead atoms. The van der Waals surface area contributed by atoms with E-state index in [9.17, 15) is 0 Å². The Balaban J connectivity index is 0. The van der Waals surface area contributed by atoms with Gasteiger partial charge in [-0.2, -0.15) is 0 Å². The summed E-state index contributed by atoms with van der Waals surface area (Å²) in [5, 5.41) is 0. The highest BCUT2D eigenvalue weighted by atomic mass is 79.9. The maximum atomic E-state index is 6.39. The zero-order valence-electron chi connectivity index (χ0n) is 10.3. The van der Waals surface area contributed by atoms with Crippen LogP contribution >= 0.6 is 17.0 Å². The molecule has 0 aliphatic rings. The topological polar surface area (TPSA) is 26.0 Å². The van der Waals surface area contributed by atoms with Crippen LogP contribution in [0.5, 0.6) is 0 Å². The summed E-state index contributed by atoms with van der Waals surface area (Å²) in [6.45, 7) is 8.96. The fourth-order valence-corrected chi connectivity index (χ4v) is 2.18. The molecule has 2 N–H and O–H groups in total. The van der Waals surface area contributed by atoms with Crippen LogP contribution in [0.1, 0.15) is 66.2 Å². The Kier molecular flexibility index (Phi) is 10.5. The maximum absolute atomic E-state index is 6.39. The molecule has 0 aliphatic heterocycles. The fourth-order valence-electron chi connectivity index (χ4n) is 2.18. The Hall–Kier alpha value is 0.440. The average Bonchev–Trinajstić information content (AvgIpc) is 2.18. The molecule has 0 aliphatic carbocycles. The SMILES string of the molecule is Br.CCCCC(CC)C(N)(CC)CC. The maximum Gasteiger partial charge on any atom is 0.0177 e. The van der Waals surface area contributed by atoms with Crippen LogP contribution in [-0.4, -0.2) is 5.54 Å². The molecule has 0 aromatic rings. The van der Waals surface area contributed by atoms with E-state index in [2.05, 4.69) is 27.7 Å². The van der Waals surface area contributed by atoms with Crippen molar-refractivity contribution in [1.82, 2.24) is 0 Å².